The van der Waals surface area contributed by atoms with Gasteiger partial charge in [0.2, 0.25) is 11.9 Å². The van der Waals surface area contributed by atoms with Gasteiger partial charge in [-0.1, -0.05) is 23.2 Å². The first kappa shape index (κ1) is 25.9. The minimum atomic E-state index is -0.767. The van der Waals surface area contributed by atoms with E-state index in [1.165, 1.54) is 31.4 Å². The number of primary amides is 1. The summed E-state index contributed by atoms with van der Waals surface area (Å²) in [4.78, 5) is 51.4. The van der Waals surface area contributed by atoms with E-state index in [2.05, 4.69) is 25.0 Å². The maximum Gasteiger partial charge on any atom is 0.337 e. The molecule has 0 bridgehead atoms. The van der Waals surface area contributed by atoms with Crippen LogP contribution in [0.2, 0.25) is 10.0 Å². The Hall–Kier alpha value is -4.22. The van der Waals surface area contributed by atoms with Gasteiger partial charge < -0.3 is 20.4 Å². The Bertz CT molecular complexity index is 1490. The highest BCUT2D eigenvalue weighted by molar-refractivity contribution is 6.34. The molecule has 2 heterocycles. The number of hydrogen-bond donors (Lipinski definition) is 2. The van der Waals surface area contributed by atoms with Crippen LogP contribution in [-0.2, 0) is 23.1 Å². The van der Waals surface area contributed by atoms with Gasteiger partial charge in [-0.25, -0.2) is 9.78 Å². The van der Waals surface area contributed by atoms with Gasteiger partial charge >= 0.3 is 5.97 Å². The second-order valence-corrected chi connectivity index (χ2v) is 8.83. The highest BCUT2D eigenvalue weighted by Gasteiger charge is 2.25. The van der Waals surface area contributed by atoms with E-state index in [4.69, 9.17) is 28.9 Å². The molecule has 37 heavy (non-hydrogen) atoms. The van der Waals surface area contributed by atoms with E-state index in [-0.39, 0.29) is 17.1 Å². The van der Waals surface area contributed by atoms with Crippen LogP contribution in [0.1, 0.15) is 26.3 Å². The van der Waals surface area contributed by atoms with Gasteiger partial charge in [0.15, 0.2) is 17.0 Å². The van der Waals surface area contributed by atoms with Crippen LogP contribution in [-0.4, -0.2) is 51.0 Å². The van der Waals surface area contributed by atoms with Crippen molar-refractivity contribution in [2.75, 3.05) is 23.9 Å². The number of fused-ring (bicyclic) bond motifs is 1. The summed E-state index contributed by atoms with van der Waals surface area (Å²) in [6.45, 7) is -0.189. The number of benzene rings is 2. The van der Waals surface area contributed by atoms with Gasteiger partial charge in [0.05, 0.1) is 19.0 Å². The smallest absolute Gasteiger partial charge is 0.337 e. The van der Waals surface area contributed by atoms with E-state index in [1.807, 2.05) is 0 Å². The molecular weight excluding hydrogens is 521 g/mol. The first-order valence-electron chi connectivity index (χ1n) is 10.8. The number of hydrogen-bond acceptors (Lipinski definition) is 8. The summed E-state index contributed by atoms with van der Waals surface area (Å²) in [6.07, 6.45) is 1.55. The summed E-state index contributed by atoms with van der Waals surface area (Å²) in [5.41, 5.74) is 7.55. The second-order valence-electron chi connectivity index (χ2n) is 7.96. The number of esters is 1. The molecule has 4 rings (SSSR count). The molecule has 0 aliphatic rings. The molecule has 0 saturated heterocycles. The second kappa shape index (κ2) is 10.8. The average molecular weight is 542 g/mol. The van der Waals surface area contributed by atoms with E-state index in [0.717, 1.165) is 10.5 Å². The van der Waals surface area contributed by atoms with E-state index < -0.39 is 24.3 Å². The molecule has 0 spiro atoms. The van der Waals surface area contributed by atoms with Crippen LogP contribution in [0.5, 0.6) is 0 Å². The fourth-order valence-electron chi connectivity index (χ4n) is 3.55. The summed E-state index contributed by atoms with van der Waals surface area (Å²) in [6, 6.07) is 10.9. The van der Waals surface area contributed by atoms with Crippen molar-refractivity contribution in [2.45, 2.75) is 6.54 Å². The topological polar surface area (TPSA) is 145 Å². The molecule has 2 amide bonds. The molecule has 0 aliphatic carbocycles. The van der Waals surface area contributed by atoms with Crippen molar-refractivity contribution < 1.29 is 19.1 Å². The van der Waals surface area contributed by atoms with E-state index in [0.29, 0.717) is 33.6 Å². The van der Waals surface area contributed by atoms with Gasteiger partial charge in [0.25, 0.3) is 5.91 Å². The van der Waals surface area contributed by atoms with Gasteiger partial charge in [-0.15, -0.1) is 0 Å². The lowest BCUT2D eigenvalue weighted by atomic mass is 10.1. The summed E-state index contributed by atoms with van der Waals surface area (Å²) >= 11 is 12.2. The van der Waals surface area contributed by atoms with E-state index in [9.17, 15) is 14.4 Å². The number of imidazole rings is 1. The third-order valence-corrected chi connectivity index (χ3v) is 5.72. The summed E-state index contributed by atoms with van der Waals surface area (Å²) in [5.74, 6) is -1.65. The predicted octanol–water partition coefficient (Wildman–Crippen LogP) is 3.20. The molecule has 3 N–H and O–H groups in total. The number of aryl methyl sites for hydroxylation is 1. The predicted molar refractivity (Wildman–Crippen MR) is 139 cm³/mol. The van der Waals surface area contributed by atoms with Crippen LogP contribution >= 0.6 is 23.2 Å². The quantitative estimate of drug-likeness (QED) is 0.323. The molecule has 11 nitrogen and oxygen atoms in total. The Balaban J connectivity index is 1.72. The van der Waals surface area contributed by atoms with Crippen molar-refractivity contribution in [1.82, 2.24) is 19.5 Å². The highest BCUT2D eigenvalue weighted by Crippen LogP contribution is 2.25. The molecular formula is C24H21Cl2N7O4. The van der Waals surface area contributed by atoms with E-state index in [1.54, 1.807) is 36.1 Å². The third-order valence-electron chi connectivity index (χ3n) is 5.28. The van der Waals surface area contributed by atoms with Crippen molar-refractivity contribution in [3.05, 3.63) is 75.5 Å². The van der Waals surface area contributed by atoms with E-state index >= 15 is 0 Å². The molecule has 2 aromatic carbocycles. The Labute approximate surface area is 221 Å². The molecule has 0 fully saturated rings. The number of nitrogens with one attached hydrogen (secondary N) is 1. The van der Waals surface area contributed by atoms with Crippen LogP contribution in [0.25, 0.3) is 11.2 Å². The van der Waals surface area contributed by atoms with Crippen molar-refractivity contribution in [3.63, 3.8) is 0 Å². The first-order valence-corrected chi connectivity index (χ1v) is 11.6. The van der Waals surface area contributed by atoms with Gasteiger partial charge in [0.1, 0.15) is 6.54 Å². The number of nitrogens with two attached hydrogens (primary N) is 1. The number of amides is 2. The standard InChI is InChI=1S/C24H21Cl2N7O4/c1-32-12-29-19-20(28-10-13-7-16(25)9-17(26)8-13)30-24(31-21(19)32)33(11-18(27)34)22(35)14-3-5-15(6-4-14)23(36)37-2/h3-9,12H,10-11H2,1-2H3,(H2,27,34)(H,28,30,31). The molecule has 0 unspecified atom stereocenters. The van der Waals surface area contributed by atoms with Gasteiger partial charge in [-0.3, -0.25) is 14.5 Å². The lowest BCUT2D eigenvalue weighted by Crippen LogP contribution is -2.39. The summed E-state index contributed by atoms with van der Waals surface area (Å²) in [7, 11) is 2.99. The Morgan fingerprint density at radius 3 is 2.32 bits per heavy atom. The van der Waals surface area contributed by atoms with Crippen LogP contribution in [0.4, 0.5) is 11.8 Å². The average Bonchev–Trinajstić information content (AvgIpc) is 3.25. The Kier molecular flexibility index (Phi) is 7.55. The lowest BCUT2D eigenvalue weighted by molar-refractivity contribution is -0.116. The fourth-order valence-corrected chi connectivity index (χ4v) is 4.12. The molecule has 0 saturated carbocycles. The van der Waals surface area contributed by atoms with Crippen LogP contribution in [0.15, 0.2) is 48.8 Å². The molecule has 0 aliphatic heterocycles. The Morgan fingerprint density at radius 1 is 1.05 bits per heavy atom. The number of nitrogens with zero attached hydrogens (tertiary/aromatic N) is 5. The SMILES string of the molecule is COC(=O)c1ccc(C(=O)N(CC(N)=O)c2nc(NCc3cc(Cl)cc(Cl)c3)c3ncn(C)c3n2)cc1. The van der Waals surface area contributed by atoms with Crippen molar-refractivity contribution in [2.24, 2.45) is 12.8 Å². The molecule has 0 atom stereocenters. The van der Waals surface area contributed by atoms with Crippen molar-refractivity contribution >= 4 is 63.9 Å². The number of rotatable bonds is 8. The van der Waals surface area contributed by atoms with Crippen LogP contribution in [0.3, 0.4) is 0 Å². The molecule has 190 valence electrons. The number of carbonyl (C=O) groups excluding carboxylic acids is 3. The van der Waals surface area contributed by atoms with Gasteiger partial charge in [0, 0.05) is 29.2 Å². The Morgan fingerprint density at radius 2 is 1.70 bits per heavy atom. The summed E-state index contributed by atoms with van der Waals surface area (Å²) < 4.78 is 6.34. The van der Waals surface area contributed by atoms with Crippen molar-refractivity contribution in [1.29, 1.82) is 0 Å². The number of carbonyl (C=O) groups is 3. The number of anilines is 2. The zero-order valence-electron chi connectivity index (χ0n) is 19.7. The first-order chi connectivity index (χ1) is 17.7. The number of methoxy groups -OCH3 is 1. The maximum atomic E-state index is 13.4. The molecule has 0 radical (unpaired) electrons. The summed E-state index contributed by atoms with van der Waals surface area (Å²) in [5, 5.41) is 4.13. The molecule has 13 heteroatoms. The zero-order chi connectivity index (χ0) is 26.7. The monoisotopic (exact) mass is 541 g/mol. The highest BCUT2D eigenvalue weighted by atomic mass is 35.5. The van der Waals surface area contributed by atoms with Crippen LogP contribution in [0, 0.1) is 0 Å². The zero-order valence-corrected chi connectivity index (χ0v) is 21.2. The van der Waals surface area contributed by atoms with Gasteiger partial charge in [-0.2, -0.15) is 9.97 Å². The minimum absolute atomic E-state index is 0.0661. The number of aromatic nitrogens is 4. The number of ether oxygens (including phenoxy) is 1. The van der Waals surface area contributed by atoms with Crippen molar-refractivity contribution in [3.8, 4) is 0 Å². The molecule has 4 aromatic rings. The van der Waals surface area contributed by atoms with Crippen LogP contribution < -0.4 is 16.0 Å². The van der Waals surface area contributed by atoms with Gasteiger partial charge in [-0.05, 0) is 48.0 Å². The lowest BCUT2D eigenvalue weighted by Gasteiger charge is -2.20. The number of halogens is 2. The fraction of sp³-hybridized carbons (Fsp3) is 0.167. The largest absolute Gasteiger partial charge is 0.465 e. The normalized spacial score (nSPS) is 10.8. The minimum Gasteiger partial charge on any atom is -0.465 e. The maximum absolute atomic E-state index is 13.4. The molecule has 2 aromatic heterocycles. The third kappa shape index (κ3) is 5.79.